The predicted octanol–water partition coefficient (Wildman–Crippen LogP) is 5.00. The van der Waals surface area contributed by atoms with Crippen molar-refractivity contribution in [2.45, 2.75) is 78.7 Å². The molecule has 0 saturated heterocycles. The topological polar surface area (TPSA) is 37.3 Å². The molecule has 0 aromatic heterocycles. The molecule has 2 atom stereocenters. The first-order valence-electron chi connectivity index (χ1n) is 8.97. The van der Waals surface area contributed by atoms with Gasteiger partial charge in [0.25, 0.3) is 0 Å². The molecule has 0 aliphatic heterocycles. The number of thioether (sulfide) groups is 1. The van der Waals surface area contributed by atoms with Gasteiger partial charge < -0.3 is 5.11 Å². The Balaban J connectivity index is 0.00000116. The molecule has 0 radical (unpaired) electrons. The van der Waals surface area contributed by atoms with Crippen molar-refractivity contribution in [3.8, 4) is 0 Å². The van der Waals surface area contributed by atoms with E-state index in [1.807, 2.05) is 25.6 Å². The van der Waals surface area contributed by atoms with Crippen LogP contribution in [0.3, 0.4) is 0 Å². The number of rotatable bonds is 6. The molecule has 1 fully saturated rings. The lowest BCUT2D eigenvalue weighted by Crippen LogP contribution is -2.36. The van der Waals surface area contributed by atoms with Gasteiger partial charge in [0, 0.05) is 23.8 Å². The average Bonchev–Trinajstić information content (AvgIpc) is 2.87. The van der Waals surface area contributed by atoms with E-state index in [1.165, 1.54) is 5.57 Å². The Morgan fingerprint density at radius 2 is 2.00 bits per heavy atom. The highest BCUT2D eigenvalue weighted by molar-refractivity contribution is 7.99. The minimum atomic E-state index is -0.521. The van der Waals surface area contributed by atoms with Crippen molar-refractivity contribution in [1.29, 1.82) is 0 Å². The summed E-state index contributed by atoms with van der Waals surface area (Å²) in [6.45, 7) is 10.4. The van der Waals surface area contributed by atoms with Gasteiger partial charge in [-0.3, -0.25) is 4.79 Å². The highest BCUT2D eigenvalue weighted by atomic mass is 32.2. The van der Waals surface area contributed by atoms with Crippen LogP contribution < -0.4 is 0 Å². The van der Waals surface area contributed by atoms with Gasteiger partial charge in [0.05, 0.1) is 5.60 Å². The monoisotopic (exact) mass is 326 g/mol. The molecular formula is C19H34O2S. The molecular weight excluding hydrogens is 292 g/mol. The molecule has 0 aromatic rings. The molecule has 3 heteroatoms. The van der Waals surface area contributed by atoms with Gasteiger partial charge in [-0.05, 0) is 37.5 Å². The molecule has 0 aromatic carbocycles. The van der Waals surface area contributed by atoms with Crippen LogP contribution in [-0.2, 0) is 4.79 Å². The second-order valence-corrected chi connectivity index (χ2v) is 7.66. The van der Waals surface area contributed by atoms with Crippen molar-refractivity contribution in [3.05, 3.63) is 11.6 Å². The molecule has 2 aliphatic carbocycles. The van der Waals surface area contributed by atoms with E-state index in [-0.39, 0.29) is 11.3 Å². The molecule has 22 heavy (non-hydrogen) atoms. The normalized spacial score (nSPS) is 27.8. The van der Waals surface area contributed by atoms with Gasteiger partial charge in [0.1, 0.15) is 5.78 Å². The smallest absolute Gasteiger partial charge is 0.137 e. The molecule has 0 amide bonds. The van der Waals surface area contributed by atoms with Crippen LogP contribution in [0.1, 0.15) is 73.1 Å². The van der Waals surface area contributed by atoms with E-state index in [2.05, 4.69) is 26.8 Å². The maximum atomic E-state index is 12.1. The number of carbonyl (C=O) groups is 1. The molecule has 0 heterocycles. The number of hydrogen-bond acceptors (Lipinski definition) is 3. The van der Waals surface area contributed by atoms with Gasteiger partial charge in [-0.2, -0.15) is 11.8 Å². The highest BCUT2D eigenvalue weighted by Gasteiger charge is 2.46. The van der Waals surface area contributed by atoms with Crippen LogP contribution in [-0.4, -0.2) is 28.0 Å². The van der Waals surface area contributed by atoms with E-state index in [9.17, 15) is 9.90 Å². The average molecular weight is 327 g/mol. The zero-order chi connectivity index (χ0) is 16.8. The van der Waals surface area contributed by atoms with Crippen molar-refractivity contribution in [1.82, 2.24) is 0 Å². The van der Waals surface area contributed by atoms with Crippen LogP contribution in [0.2, 0.25) is 0 Å². The lowest BCUT2D eigenvalue weighted by molar-refractivity contribution is -0.127. The quantitative estimate of drug-likeness (QED) is 0.698. The van der Waals surface area contributed by atoms with Gasteiger partial charge in [-0.15, -0.1) is 0 Å². The lowest BCUT2D eigenvalue weighted by atomic mass is 9.66. The van der Waals surface area contributed by atoms with E-state index in [0.29, 0.717) is 5.78 Å². The summed E-state index contributed by atoms with van der Waals surface area (Å²) in [5.74, 6) is 2.48. The van der Waals surface area contributed by atoms with Gasteiger partial charge >= 0.3 is 0 Å². The molecule has 0 spiro atoms. The zero-order valence-corrected chi connectivity index (χ0v) is 15.9. The Kier molecular flexibility index (Phi) is 7.67. The molecule has 2 rings (SSSR count). The predicted molar refractivity (Wildman–Crippen MR) is 97.4 cm³/mol. The molecule has 128 valence electrons. The lowest BCUT2D eigenvalue weighted by Gasteiger charge is -2.38. The van der Waals surface area contributed by atoms with E-state index in [1.54, 1.807) is 0 Å². The molecule has 2 aliphatic rings. The van der Waals surface area contributed by atoms with Crippen LogP contribution in [0.25, 0.3) is 0 Å². The van der Waals surface area contributed by atoms with Gasteiger partial charge in [0.15, 0.2) is 0 Å². The summed E-state index contributed by atoms with van der Waals surface area (Å²) in [4.78, 5) is 12.1. The van der Waals surface area contributed by atoms with E-state index < -0.39 is 5.60 Å². The summed E-state index contributed by atoms with van der Waals surface area (Å²) >= 11 is 1.83. The Morgan fingerprint density at radius 1 is 1.36 bits per heavy atom. The minimum absolute atomic E-state index is 0.110. The minimum Gasteiger partial charge on any atom is -0.389 e. The number of carbonyl (C=O) groups excluding carboxylic acids is 1. The fourth-order valence-electron chi connectivity index (χ4n) is 3.63. The maximum Gasteiger partial charge on any atom is 0.137 e. The summed E-state index contributed by atoms with van der Waals surface area (Å²) < 4.78 is 0. The summed E-state index contributed by atoms with van der Waals surface area (Å²) in [6, 6.07) is 0. The largest absolute Gasteiger partial charge is 0.389 e. The molecule has 1 N–H and O–H groups in total. The molecule has 0 bridgehead atoms. The number of ketones is 1. The fourth-order valence-corrected chi connectivity index (χ4v) is 5.19. The number of fused-ring (bicyclic) bond motifs is 1. The van der Waals surface area contributed by atoms with E-state index in [4.69, 9.17) is 0 Å². The van der Waals surface area contributed by atoms with Crippen molar-refractivity contribution >= 4 is 17.5 Å². The zero-order valence-electron chi connectivity index (χ0n) is 15.1. The third-order valence-electron chi connectivity index (χ3n) is 5.56. The number of aliphatic hydroxyl groups is 1. The first-order valence-corrected chi connectivity index (χ1v) is 10.1. The number of hydrogen-bond donors (Lipinski definition) is 1. The van der Waals surface area contributed by atoms with Crippen LogP contribution in [0.5, 0.6) is 0 Å². The Morgan fingerprint density at radius 3 is 2.59 bits per heavy atom. The number of Topliss-reactive ketones (excluding diaryl/α,β-unsaturated/α-hetero) is 1. The van der Waals surface area contributed by atoms with E-state index >= 15 is 0 Å². The summed E-state index contributed by atoms with van der Waals surface area (Å²) in [7, 11) is 0. The fraction of sp³-hybridized carbons (Fsp3) is 0.842. The maximum absolute atomic E-state index is 12.1. The first kappa shape index (κ1) is 19.8. The van der Waals surface area contributed by atoms with Crippen LogP contribution in [0.15, 0.2) is 11.6 Å². The van der Waals surface area contributed by atoms with Gasteiger partial charge in [0.2, 0.25) is 0 Å². The SMILES string of the molecule is CC.CCC(O)(CC)CSCC1=CCC2C(=O)CCCC12C. The Bertz CT molecular complexity index is 398. The second kappa shape index (κ2) is 8.54. The van der Waals surface area contributed by atoms with E-state index in [0.717, 1.165) is 50.0 Å². The Labute approximate surface area is 141 Å². The van der Waals surface area contributed by atoms with Crippen molar-refractivity contribution in [2.75, 3.05) is 11.5 Å². The van der Waals surface area contributed by atoms with Crippen LogP contribution >= 0.6 is 11.8 Å². The third-order valence-corrected chi connectivity index (χ3v) is 6.81. The second-order valence-electron chi connectivity index (χ2n) is 6.68. The first-order chi connectivity index (χ1) is 10.4. The van der Waals surface area contributed by atoms with Crippen molar-refractivity contribution < 1.29 is 9.90 Å². The molecule has 1 saturated carbocycles. The van der Waals surface area contributed by atoms with Crippen molar-refractivity contribution in [3.63, 3.8) is 0 Å². The van der Waals surface area contributed by atoms with Crippen LogP contribution in [0, 0.1) is 11.3 Å². The molecule has 2 nitrogen and oxygen atoms in total. The standard InChI is InChI=1S/C17H28O2S.C2H6/c1-4-17(19,5-2)12-20-11-13-8-9-14-15(18)7-6-10-16(13,14)3;1-2/h8,14,19H,4-7,9-12H2,1-3H3;1-2H3. The third kappa shape index (κ3) is 4.17. The summed E-state index contributed by atoms with van der Waals surface area (Å²) in [5.41, 5.74) is 1.04. The van der Waals surface area contributed by atoms with Gasteiger partial charge in [-0.25, -0.2) is 0 Å². The number of allylic oxidation sites excluding steroid dienone is 1. The van der Waals surface area contributed by atoms with Crippen LogP contribution in [0.4, 0.5) is 0 Å². The highest BCUT2D eigenvalue weighted by Crippen LogP contribution is 2.51. The van der Waals surface area contributed by atoms with Crippen molar-refractivity contribution in [2.24, 2.45) is 11.3 Å². The molecule has 2 unspecified atom stereocenters. The van der Waals surface area contributed by atoms with Gasteiger partial charge in [-0.1, -0.05) is 46.3 Å². The summed E-state index contributed by atoms with van der Waals surface area (Å²) in [5, 5.41) is 10.3. The summed E-state index contributed by atoms with van der Waals surface area (Å²) in [6.07, 6.45) is 7.85. The Hall–Kier alpha value is -0.280.